The first kappa shape index (κ1) is 18.2. The average molecular weight is 350 g/mol. The Morgan fingerprint density at radius 1 is 1.12 bits per heavy atom. The molecule has 4 heteroatoms. The third kappa shape index (κ3) is 4.52. The van der Waals surface area contributed by atoms with Crippen LogP contribution in [0, 0.1) is 6.92 Å². The van der Waals surface area contributed by atoms with E-state index in [4.69, 9.17) is 4.74 Å². The molecule has 0 saturated carbocycles. The SMILES string of the molecule is COCCNC(=O)CCc1cn(Cc2ccc(C)cc2)c2ccccc12. The second kappa shape index (κ2) is 8.68. The number of aryl methyl sites for hydroxylation is 2. The van der Waals surface area contributed by atoms with Crippen molar-refractivity contribution in [1.29, 1.82) is 0 Å². The summed E-state index contributed by atoms with van der Waals surface area (Å²) in [5, 5.41) is 4.11. The molecular weight excluding hydrogens is 324 g/mol. The normalized spacial score (nSPS) is 11.0. The van der Waals surface area contributed by atoms with Crippen molar-refractivity contribution >= 4 is 16.8 Å². The number of amides is 1. The first-order chi connectivity index (χ1) is 12.7. The number of carbonyl (C=O) groups is 1. The molecule has 0 unspecified atom stereocenters. The topological polar surface area (TPSA) is 43.3 Å². The first-order valence-electron chi connectivity index (χ1n) is 9.05. The maximum atomic E-state index is 12.0. The highest BCUT2D eigenvalue weighted by atomic mass is 16.5. The molecule has 0 fully saturated rings. The number of nitrogens with zero attached hydrogens (tertiary/aromatic N) is 1. The summed E-state index contributed by atoms with van der Waals surface area (Å²) in [7, 11) is 1.63. The minimum Gasteiger partial charge on any atom is -0.383 e. The van der Waals surface area contributed by atoms with Gasteiger partial charge < -0.3 is 14.6 Å². The fraction of sp³-hybridized carbons (Fsp3) is 0.318. The van der Waals surface area contributed by atoms with E-state index in [9.17, 15) is 4.79 Å². The molecular formula is C22H26N2O2. The molecule has 1 N–H and O–H groups in total. The van der Waals surface area contributed by atoms with E-state index in [2.05, 4.69) is 71.5 Å². The molecule has 0 aliphatic carbocycles. The van der Waals surface area contributed by atoms with Crippen molar-refractivity contribution in [3.63, 3.8) is 0 Å². The Morgan fingerprint density at radius 2 is 1.88 bits per heavy atom. The molecule has 3 rings (SSSR count). The summed E-state index contributed by atoms with van der Waals surface area (Å²) in [6, 6.07) is 17.0. The Balaban J connectivity index is 1.74. The second-order valence-corrected chi connectivity index (χ2v) is 6.63. The van der Waals surface area contributed by atoms with Gasteiger partial charge in [-0.15, -0.1) is 0 Å². The van der Waals surface area contributed by atoms with Crippen molar-refractivity contribution in [1.82, 2.24) is 9.88 Å². The first-order valence-corrected chi connectivity index (χ1v) is 9.05. The van der Waals surface area contributed by atoms with E-state index in [0.29, 0.717) is 19.6 Å². The Kier molecular flexibility index (Phi) is 6.08. The highest BCUT2D eigenvalue weighted by molar-refractivity contribution is 5.85. The van der Waals surface area contributed by atoms with Crippen LogP contribution < -0.4 is 5.32 Å². The summed E-state index contributed by atoms with van der Waals surface area (Å²) in [5.41, 5.74) is 4.98. The van der Waals surface area contributed by atoms with Gasteiger partial charge in [-0.05, 0) is 30.5 Å². The quantitative estimate of drug-likeness (QED) is 0.630. The zero-order valence-corrected chi connectivity index (χ0v) is 15.5. The average Bonchev–Trinajstić information content (AvgIpc) is 3.00. The summed E-state index contributed by atoms with van der Waals surface area (Å²) in [4.78, 5) is 12.0. The number of carbonyl (C=O) groups excluding carboxylic acids is 1. The lowest BCUT2D eigenvalue weighted by Gasteiger charge is -2.06. The number of fused-ring (bicyclic) bond motifs is 1. The molecule has 26 heavy (non-hydrogen) atoms. The third-order valence-electron chi connectivity index (χ3n) is 4.59. The Labute approximate surface area is 154 Å². The van der Waals surface area contributed by atoms with Crippen LogP contribution in [0.5, 0.6) is 0 Å². The molecule has 1 amide bonds. The van der Waals surface area contributed by atoms with E-state index >= 15 is 0 Å². The lowest BCUT2D eigenvalue weighted by Crippen LogP contribution is -2.27. The Hall–Kier alpha value is -2.59. The Bertz CT molecular complexity index is 865. The summed E-state index contributed by atoms with van der Waals surface area (Å²) >= 11 is 0. The number of hydrogen-bond acceptors (Lipinski definition) is 2. The molecule has 3 aromatic rings. The maximum absolute atomic E-state index is 12.0. The molecule has 1 aromatic heterocycles. The van der Waals surface area contributed by atoms with Crippen molar-refractivity contribution in [2.45, 2.75) is 26.3 Å². The summed E-state index contributed by atoms with van der Waals surface area (Å²) in [6.45, 7) is 4.04. The fourth-order valence-corrected chi connectivity index (χ4v) is 3.17. The van der Waals surface area contributed by atoms with Gasteiger partial charge in [0, 0.05) is 43.7 Å². The van der Waals surface area contributed by atoms with Gasteiger partial charge in [0.25, 0.3) is 0 Å². The number of hydrogen-bond donors (Lipinski definition) is 1. The van der Waals surface area contributed by atoms with E-state index in [1.165, 1.54) is 27.6 Å². The van der Waals surface area contributed by atoms with Crippen LogP contribution in [0.15, 0.2) is 54.7 Å². The number of nitrogens with one attached hydrogen (secondary N) is 1. The fourth-order valence-electron chi connectivity index (χ4n) is 3.17. The minimum atomic E-state index is 0.0671. The molecule has 0 atom stereocenters. The van der Waals surface area contributed by atoms with Gasteiger partial charge in [0.2, 0.25) is 5.91 Å². The predicted molar refractivity (Wildman–Crippen MR) is 105 cm³/mol. The smallest absolute Gasteiger partial charge is 0.220 e. The molecule has 4 nitrogen and oxygen atoms in total. The Morgan fingerprint density at radius 3 is 2.65 bits per heavy atom. The van der Waals surface area contributed by atoms with Crippen molar-refractivity contribution in [2.24, 2.45) is 0 Å². The van der Waals surface area contributed by atoms with E-state index in [-0.39, 0.29) is 5.91 Å². The van der Waals surface area contributed by atoms with Crippen LogP contribution >= 0.6 is 0 Å². The van der Waals surface area contributed by atoms with Gasteiger partial charge in [0.1, 0.15) is 0 Å². The van der Waals surface area contributed by atoms with Crippen molar-refractivity contribution in [3.8, 4) is 0 Å². The maximum Gasteiger partial charge on any atom is 0.220 e. The van der Waals surface area contributed by atoms with Crippen molar-refractivity contribution in [2.75, 3.05) is 20.3 Å². The number of benzene rings is 2. The van der Waals surface area contributed by atoms with E-state index < -0.39 is 0 Å². The van der Waals surface area contributed by atoms with Crippen LogP contribution in [-0.2, 0) is 22.5 Å². The lowest BCUT2D eigenvalue weighted by molar-refractivity contribution is -0.121. The van der Waals surface area contributed by atoms with Gasteiger partial charge in [-0.25, -0.2) is 0 Å². The summed E-state index contributed by atoms with van der Waals surface area (Å²) in [5.74, 6) is 0.0671. The van der Waals surface area contributed by atoms with Crippen LogP contribution in [0.3, 0.4) is 0 Å². The number of rotatable bonds is 8. The monoisotopic (exact) mass is 350 g/mol. The van der Waals surface area contributed by atoms with E-state index in [1.807, 2.05) is 0 Å². The molecule has 0 radical (unpaired) electrons. The van der Waals surface area contributed by atoms with Crippen molar-refractivity contribution < 1.29 is 9.53 Å². The van der Waals surface area contributed by atoms with Crippen LogP contribution in [0.2, 0.25) is 0 Å². The second-order valence-electron chi connectivity index (χ2n) is 6.63. The van der Waals surface area contributed by atoms with Gasteiger partial charge in [-0.1, -0.05) is 48.0 Å². The zero-order chi connectivity index (χ0) is 18.4. The molecule has 1 heterocycles. The van der Waals surface area contributed by atoms with Crippen molar-refractivity contribution in [3.05, 3.63) is 71.4 Å². The van der Waals surface area contributed by atoms with Gasteiger partial charge in [-0.2, -0.15) is 0 Å². The highest BCUT2D eigenvalue weighted by Gasteiger charge is 2.10. The molecule has 0 aliphatic rings. The molecule has 136 valence electrons. The molecule has 2 aromatic carbocycles. The highest BCUT2D eigenvalue weighted by Crippen LogP contribution is 2.23. The largest absolute Gasteiger partial charge is 0.383 e. The van der Waals surface area contributed by atoms with E-state index in [1.54, 1.807) is 7.11 Å². The minimum absolute atomic E-state index is 0.0671. The van der Waals surface area contributed by atoms with Crippen LogP contribution in [0.4, 0.5) is 0 Å². The van der Waals surface area contributed by atoms with Crippen LogP contribution in [0.25, 0.3) is 10.9 Å². The number of ether oxygens (including phenoxy) is 1. The van der Waals surface area contributed by atoms with Gasteiger partial charge in [-0.3, -0.25) is 4.79 Å². The summed E-state index contributed by atoms with van der Waals surface area (Å²) < 4.78 is 7.24. The molecule has 0 spiro atoms. The van der Waals surface area contributed by atoms with Gasteiger partial charge in [0.15, 0.2) is 0 Å². The van der Waals surface area contributed by atoms with Crippen LogP contribution in [-0.4, -0.2) is 30.7 Å². The molecule has 0 bridgehead atoms. The molecule has 0 aliphatic heterocycles. The lowest BCUT2D eigenvalue weighted by atomic mass is 10.1. The van der Waals surface area contributed by atoms with E-state index in [0.717, 1.165) is 13.0 Å². The van der Waals surface area contributed by atoms with Crippen LogP contribution in [0.1, 0.15) is 23.1 Å². The molecule has 0 saturated heterocycles. The summed E-state index contributed by atoms with van der Waals surface area (Å²) in [6.07, 6.45) is 3.41. The zero-order valence-electron chi connectivity index (χ0n) is 15.5. The third-order valence-corrected chi connectivity index (χ3v) is 4.59. The number of methoxy groups -OCH3 is 1. The standard InChI is InChI=1S/C22H26N2O2/c1-17-7-9-18(10-8-17)15-24-16-19(20-5-3-4-6-21(20)24)11-12-22(25)23-13-14-26-2/h3-10,16H,11-15H2,1-2H3,(H,23,25). The van der Waals surface area contributed by atoms with Gasteiger partial charge in [0.05, 0.1) is 6.61 Å². The number of aromatic nitrogens is 1. The van der Waals surface area contributed by atoms with Gasteiger partial charge >= 0.3 is 0 Å². The number of para-hydroxylation sites is 1. The predicted octanol–water partition coefficient (Wildman–Crippen LogP) is 3.69.